The summed E-state index contributed by atoms with van der Waals surface area (Å²) in [6.07, 6.45) is 0.872. The summed E-state index contributed by atoms with van der Waals surface area (Å²) < 4.78 is 0. The molecule has 0 spiro atoms. The average molecular weight is 254 g/mol. The molecule has 2 nitrogen and oxygen atoms in total. The number of hydrogen-bond acceptors (Lipinski definition) is 2. The molecular weight excluding hydrogens is 240 g/mol. The third kappa shape index (κ3) is 2.22. The van der Waals surface area contributed by atoms with Gasteiger partial charge in [-0.25, -0.2) is 4.98 Å². The van der Waals surface area contributed by atoms with Gasteiger partial charge in [-0.2, -0.15) is 11.3 Å². The first-order valence-corrected chi connectivity index (χ1v) is 6.89. The van der Waals surface area contributed by atoms with Crippen molar-refractivity contribution in [2.75, 3.05) is 0 Å². The highest BCUT2D eigenvalue weighted by molar-refractivity contribution is 7.07. The molecule has 0 saturated heterocycles. The lowest BCUT2D eigenvalue weighted by molar-refractivity contribution is 1.02. The molecule has 0 aliphatic rings. The van der Waals surface area contributed by atoms with E-state index in [1.165, 1.54) is 11.1 Å². The molecule has 1 N–H and O–H groups in total. The highest BCUT2D eigenvalue weighted by Gasteiger charge is 2.09. The van der Waals surface area contributed by atoms with Crippen molar-refractivity contribution in [3.63, 3.8) is 0 Å². The fourth-order valence-corrected chi connectivity index (χ4v) is 2.74. The van der Waals surface area contributed by atoms with E-state index >= 15 is 0 Å². The number of aromatic nitrogens is 2. The summed E-state index contributed by atoms with van der Waals surface area (Å²) in [6.45, 7) is 2.08. The van der Waals surface area contributed by atoms with Crippen LogP contribution < -0.4 is 0 Å². The minimum absolute atomic E-state index is 0.872. The predicted octanol–water partition coefficient (Wildman–Crippen LogP) is 4.04. The van der Waals surface area contributed by atoms with Gasteiger partial charge >= 0.3 is 0 Å². The fraction of sp³-hybridized carbons (Fsp3) is 0.133. The normalized spacial score (nSPS) is 10.7. The van der Waals surface area contributed by atoms with Crippen LogP contribution in [-0.4, -0.2) is 9.97 Å². The number of H-pyrrole nitrogens is 1. The molecule has 0 bridgehead atoms. The molecule has 3 aromatic rings. The minimum atomic E-state index is 0.872. The molecular formula is C15H14N2S. The van der Waals surface area contributed by atoms with Gasteiger partial charge in [-0.3, -0.25) is 0 Å². The van der Waals surface area contributed by atoms with Crippen LogP contribution in [0.3, 0.4) is 0 Å². The number of benzene rings is 1. The fourth-order valence-electron chi connectivity index (χ4n) is 2.07. The van der Waals surface area contributed by atoms with E-state index in [-0.39, 0.29) is 0 Å². The smallest absolute Gasteiger partial charge is 0.111 e. The van der Waals surface area contributed by atoms with E-state index in [0.29, 0.717) is 0 Å². The lowest BCUT2D eigenvalue weighted by Gasteiger charge is -1.96. The summed E-state index contributed by atoms with van der Waals surface area (Å²) >= 11 is 1.72. The summed E-state index contributed by atoms with van der Waals surface area (Å²) in [4.78, 5) is 8.08. The zero-order chi connectivity index (χ0) is 12.4. The quantitative estimate of drug-likeness (QED) is 0.751. The zero-order valence-electron chi connectivity index (χ0n) is 10.2. The van der Waals surface area contributed by atoms with Gasteiger partial charge in [0.05, 0.1) is 5.69 Å². The molecule has 0 aliphatic heterocycles. The third-order valence-electron chi connectivity index (χ3n) is 2.93. The molecule has 0 aliphatic carbocycles. The van der Waals surface area contributed by atoms with E-state index in [0.717, 1.165) is 23.6 Å². The maximum absolute atomic E-state index is 4.70. The molecule has 0 radical (unpaired) electrons. The molecule has 18 heavy (non-hydrogen) atoms. The lowest BCUT2D eigenvalue weighted by atomic mass is 10.1. The second-order valence-corrected chi connectivity index (χ2v) is 5.11. The van der Waals surface area contributed by atoms with Crippen molar-refractivity contribution in [2.24, 2.45) is 0 Å². The molecule has 0 atom stereocenters. The summed E-state index contributed by atoms with van der Waals surface area (Å²) in [5, 5.41) is 4.27. The highest BCUT2D eigenvalue weighted by Crippen LogP contribution is 2.21. The standard InChI is InChI=1S/C15H14N2S/c1-11-15(13-5-3-2-4-6-13)17-14(16-11)9-12-7-8-18-10-12/h2-8,10H,9H2,1H3,(H,16,17). The topological polar surface area (TPSA) is 28.7 Å². The number of aromatic amines is 1. The van der Waals surface area contributed by atoms with Crippen molar-refractivity contribution in [1.29, 1.82) is 0 Å². The Balaban J connectivity index is 1.92. The van der Waals surface area contributed by atoms with Crippen molar-refractivity contribution < 1.29 is 0 Å². The van der Waals surface area contributed by atoms with Crippen molar-refractivity contribution in [3.05, 3.63) is 64.2 Å². The first-order valence-electron chi connectivity index (χ1n) is 5.95. The molecule has 1 aromatic carbocycles. The summed E-state index contributed by atoms with van der Waals surface area (Å²) in [5.74, 6) is 1.03. The monoisotopic (exact) mass is 254 g/mol. The highest BCUT2D eigenvalue weighted by atomic mass is 32.1. The van der Waals surface area contributed by atoms with Crippen LogP contribution in [0.2, 0.25) is 0 Å². The largest absolute Gasteiger partial charge is 0.345 e. The van der Waals surface area contributed by atoms with Crippen molar-refractivity contribution in [1.82, 2.24) is 9.97 Å². The zero-order valence-corrected chi connectivity index (χ0v) is 11.0. The Hall–Kier alpha value is -1.87. The van der Waals surface area contributed by atoms with Gasteiger partial charge in [0, 0.05) is 17.7 Å². The van der Waals surface area contributed by atoms with Gasteiger partial charge < -0.3 is 4.98 Å². The van der Waals surface area contributed by atoms with E-state index in [4.69, 9.17) is 4.98 Å². The van der Waals surface area contributed by atoms with Gasteiger partial charge in [0.1, 0.15) is 5.82 Å². The Kier molecular flexibility index (Phi) is 2.99. The molecule has 2 heterocycles. The number of nitrogens with one attached hydrogen (secondary N) is 1. The third-order valence-corrected chi connectivity index (χ3v) is 3.66. The van der Waals surface area contributed by atoms with E-state index in [1.807, 2.05) is 18.2 Å². The maximum atomic E-state index is 4.70. The van der Waals surface area contributed by atoms with Crippen molar-refractivity contribution in [3.8, 4) is 11.3 Å². The Bertz CT molecular complexity index is 624. The number of hydrogen-bond donors (Lipinski definition) is 1. The van der Waals surface area contributed by atoms with E-state index in [1.54, 1.807) is 11.3 Å². The van der Waals surface area contributed by atoms with Gasteiger partial charge in [-0.1, -0.05) is 30.3 Å². The first-order chi connectivity index (χ1) is 8.83. The van der Waals surface area contributed by atoms with Gasteiger partial charge in [0.25, 0.3) is 0 Å². The van der Waals surface area contributed by atoms with E-state index in [2.05, 4.69) is 40.9 Å². The van der Waals surface area contributed by atoms with Gasteiger partial charge in [0.15, 0.2) is 0 Å². The Labute approximate surface area is 110 Å². The Morgan fingerprint density at radius 2 is 2.00 bits per heavy atom. The summed E-state index contributed by atoms with van der Waals surface area (Å²) in [5.41, 5.74) is 4.67. The number of imidazole rings is 1. The molecule has 0 unspecified atom stereocenters. The summed E-state index contributed by atoms with van der Waals surface area (Å²) in [7, 11) is 0. The molecule has 2 aromatic heterocycles. The number of nitrogens with zero attached hydrogens (tertiary/aromatic N) is 1. The van der Waals surface area contributed by atoms with Gasteiger partial charge in [0.2, 0.25) is 0 Å². The van der Waals surface area contributed by atoms with Crippen LogP contribution in [0.15, 0.2) is 47.2 Å². The van der Waals surface area contributed by atoms with Crippen LogP contribution >= 0.6 is 11.3 Å². The van der Waals surface area contributed by atoms with Crippen LogP contribution in [0.5, 0.6) is 0 Å². The van der Waals surface area contributed by atoms with Crippen molar-refractivity contribution >= 4 is 11.3 Å². The van der Waals surface area contributed by atoms with Crippen molar-refractivity contribution in [2.45, 2.75) is 13.3 Å². The van der Waals surface area contributed by atoms with Gasteiger partial charge in [-0.15, -0.1) is 0 Å². The summed E-state index contributed by atoms with van der Waals surface area (Å²) in [6, 6.07) is 12.4. The number of rotatable bonds is 3. The predicted molar refractivity (Wildman–Crippen MR) is 75.9 cm³/mol. The second kappa shape index (κ2) is 4.78. The van der Waals surface area contributed by atoms with E-state index < -0.39 is 0 Å². The SMILES string of the molecule is Cc1[nH]c(Cc2ccsc2)nc1-c1ccccc1. The maximum Gasteiger partial charge on any atom is 0.111 e. The first kappa shape index (κ1) is 11.2. The van der Waals surface area contributed by atoms with Crippen LogP contribution in [-0.2, 0) is 6.42 Å². The lowest BCUT2D eigenvalue weighted by Crippen LogP contribution is -1.88. The molecule has 0 fully saturated rings. The van der Waals surface area contributed by atoms with Crippen LogP contribution in [0.1, 0.15) is 17.1 Å². The van der Waals surface area contributed by atoms with Crippen LogP contribution in [0.25, 0.3) is 11.3 Å². The molecule has 3 rings (SSSR count). The Morgan fingerprint density at radius 1 is 1.17 bits per heavy atom. The van der Waals surface area contributed by atoms with Gasteiger partial charge in [-0.05, 0) is 29.3 Å². The minimum Gasteiger partial charge on any atom is -0.345 e. The second-order valence-electron chi connectivity index (χ2n) is 4.33. The average Bonchev–Trinajstić information content (AvgIpc) is 3.01. The van der Waals surface area contributed by atoms with Crippen LogP contribution in [0, 0.1) is 6.92 Å². The van der Waals surface area contributed by atoms with E-state index in [9.17, 15) is 0 Å². The molecule has 0 amide bonds. The number of aryl methyl sites for hydroxylation is 1. The molecule has 90 valence electrons. The molecule has 0 saturated carbocycles. The van der Waals surface area contributed by atoms with Crippen LogP contribution in [0.4, 0.5) is 0 Å². The molecule has 3 heteroatoms. The Morgan fingerprint density at radius 3 is 2.72 bits per heavy atom. The number of thiophene rings is 1.